The maximum Gasteiger partial charge on any atom is 0.222 e. The van der Waals surface area contributed by atoms with Gasteiger partial charge in [0.25, 0.3) is 0 Å². The van der Waals surface area contributed by atoms with Crippen LogP contribution < -0.4 is 10.6 Å². The average molecular weight is 311 g/mol. The van der Waals surface area contributed by atoms with E-state index < -0.39 is 0 Å². The first-order valence-electron chi connectivity index (χ1n) is 7.23. The zero-order valence-electron chi connectivity index (χ0n) is 11.8. The van der Waals surface area contributed by atoms with Crippen LogP contribution in [-0.2, 0) is 10.3 Å². The third-order valence-electron chi connectivity index (χ3n) is 4.04. The second-order valence-corrected chi connectivity index (χ2v) is 7.72. The number of aromatic nitrogens is 1. The van der Waals surface area contributed by atoms with E-state index in [1.807, 2.05) is 18.7 Å². The zero-order chi connectivity index (χ0) is 14.0. The molecule has 2 heterocycles. The molecule has 2 fully saturated rings. The van der Waals surface area contributed by atoms with Crippen LogP contribution in [0.1, 0.15) is 36.4 Å². The smallest absolute Gasteiger partial charge is 0.222 e. The Morgan fingerprint density at radius 3 is 3.00 bits per heavy atom. The average Bonchev–Trinajstić information content (AvgIpc) is 2.82. The first kappa shape index (κ1) is 14.4. The minimum absolute atomic E-state index is 0.164. The molecule has 1 unspecified atom stereocenters. The highest BCUT2D eigenvalue weighted by Crippen LogP contribution is 2.42. The molecule has 1 atom stereocenters. The molecular formula is C14H21N3OS2. The fourth-order valence-corrected chi connectivity index (χ4v) is 4.75. The topological polar surface area (TPSA) is 54.0 Å². The molecule has 1 saturated carbocycles. The van der Waals surface area contributed by atoms with E-state index in [1.165, 1.54) is 6.42 Å². The molecule has 1 amide bonds. The summed E-state index contributed by atoms with van der Waals surface area (Å²) in [4.78, 5) is 16.9. The van der Waals surface area contributed by atoms with Gasteiger partial charge in [-0.05, 0) is 26.2 Å². The van der Waals surface area contributed by atoms with Gasteiger partial charge in [0, 0.05) is 41.6 Å². The largest absolute Gasteiger partial charge is 0.344 e. The van der Waals surface area contributed by atoms with Gasteiger partial charge in [-0.1, -0.05) is 0 Å². The Hall–Kier alpha value is -0.590. The molecule has 2 N–H and O–H groups in total. The lowest BCUT2D eigenvalue weighted by molar-refractivity contribution is -0.124. The van der Waals surface area contributed by atoms with Gasteiger partial charge < -0.3 is 10.6 Å². The van der Waals surface area contributed by atoms with Crippen molar-refractivity contribution in [2.75, 3.05) is 18.1 Å². The summed E-state index contributed by atoms with van der Waals surface area (Å²) in [7, 11) is 0. The maximum atomic E-state index is 12.3. The van der Waals surface area contributed by atoms with Gasteiger partial charge in [0.05, 0.1) is 5.54 Å². The minimum atomic E-state index is -0.169. The number of carbonyl (C=O) groups is 1. The number of rotatable bonds is 4. The summed E-state index contributed by atoms with van der Waals surface area (Å²) in [5.74, 6) is 2.36. The summed E-state index contributed by atoms with van der Waals surface area (Å²) in [5.41, 5.74) is 0.883. The molecule has 1 saturated heterocycles. The van der Waals surface area contributed by atoms with Crippen LogP contribution in [0.2, 0.25) is 0 Å². The van der Waals surface area contributed by atoms with Crippen molar-refractivity contribution in [1.82, 2.24) is 15.6 Å². The Bertz CT molecular complexity index is 479. The summed E-state index contributed by atoms with van der Waals surface area (Å²) < 4.78 is 0. The number of amides is 1. The second kappa shape index (κ2) is 6.03. The molecule has 0 bridgehead atoms. The van der Waals surface area contributed by atoms with E-state index in [2.05, 4.69) is 21.0 Å². The first-order valence-corrected chi connectivity index (χ1v) is 9.26. The molecule has 4 nitrogen and oxygen atoms in total. The van der Waals surface area contributed by atoms with Crippen LogP contribution in [0.3, 0.4) is 0 Å². The number of carbonyl (C=O) groups excluding carboxylic acids is 1. The van der Waals surface area contributed by atoms with Gasteiger partial charge in [0.1, 0.15) is 5.01 Å². The highest BCUT2D eigenvalue weighted by Gasteiger charge is 2.42. The molecule has 2 aliphatic rings. The summed E-state index contributed by atoms with van der Waals surface area (Å²) in [6, 6.07) is 0.323. The van der Waals surface area contributed by atoms with Crippen molar-refractivity contribution in [1.29, 1.82) is 0 Å². The van der Waals surface area contributed by atoms with Crippen molar-refractivity contribution in [3.05, 3.63) is 16.1 Å². The van der Waals surface area contributed by atoms with Gasteiger partial charge in [-0.2, -0.15) is 11.8 Å². The molecular weight excluding hydrogens is 290 g/mol. The van der Waals surface area contributed by atoms with E-state index >= 15 is 0 Å². The Kier molecular flexibility index (Phi) is 4.33. The highest BCUT2D eigenvalue weighted by atomic mass is 32.2. The molecule has 0 spiro atoms. The summed E-state index contributed by atoms with van der Waals surface area (Å²) in [5, 5.41) is 9.84. The van der Waals surface area contributed by atoms with E-state index in [9.17, 15) is 4.79 Å². The molecule has 6 heteroatoms. The molecule has 1 aliphatic heterocycles. The van der Waals surface area contributed by atoms with Gasteiger partial charge in [-0.25, -0.2) is 4.98 Å². The number of thioether (sulfide) groups is 1. The van der Waals surface area contributed by atoms with Crippen LogP contribution in [0, 0.1) is 6.92 Å². The van der Waals surface area contributed by atoms with E-state index in [1.54, 1.807) is 11.3 Å². The van der Waals surface area contributed by atoms with Crippen molar-refractivity contribution in [3.63, 3.8) is 0 Å². The van der Waals surface area contributed by atoms with Crippen molar-refractivity contribution in [3.8, 4) is 0 Å². The van der Waals surface area contributed by atoms with Crippen LogP contribution in [-0.4, -0.2) is 35.0 Å². The number of aryl methyl sites for hydroxylation is 1. The highest BCUT2D eigenvalue weighted by molar-refractivity contribution is 7.99. The van der Waals surface area contributed by atoms with E-state index in [4.69, 9.17) is 0 Å². The van der Waals surface area contributed by atoms with Crippen molar-refractivity contribution in [2.24, 2.45) is 0 Å². The lowest BCUT2D eigenvalue weighted by Crippen LogP contribution is -2.52. The molecule has 20 heavy (non-hydrogen) atoms. The lowest BCUT2D eigenvalue weighted by atomic mass is 9.77. The fraction of sp³-hybridized carbons (Fsp3) is 0.714. The molecule has 110 valence electrons. The van der Waals surface area contributed by atoms with Crippen LogP contribution in [0.15, 0.2) is 5.38 Å². The van der Waals surface area contributed by atoms with Crippen LogP contribution >= 0.6 is 23.1 Å². The molecule has 1 aliphatic carbocycles. The zero-order valence-corrected chi connectivity index (χ0v) is 13.4. The lowest BCUT2D eigenvalue weighted by Gasteiger charge is -2.41. The SMILES string of the molecule is Cc1csc(C2(NC(=O)CC3CSCCN3)CCC2)n1. The number of nitrogens with one attached hydrogen (secondary N) is 2. The number of thiazole rings is 1. The van der Waals surface area contributed by atoms with Gasteiger partial charge >= 0.3 is 0 Å². The molecule has 0 aromatic carbocycles. The Morgan fingerprint density at radius 2 is 2.45 bits per heavy atom. The molecule has 1 aromatic rings. The summed E-state index contributed by atoms with van der Waals surface area (Å²) >= 11 is 3.60. The Morgan fingerprint density at radius 1 is 1.60 bits per heavy atom. The third-order valence-corrected chi connectivity index (χ3v) is 6.34. The monoisotopic (exact) mass is 311 g/mol. The molecule has 1 aromatic heterocycles. The van der Waals surface area contributed by atoms with E-state index in [0.29, 0.717) is 12.5 Å². The number of nitrogens with zero attached hydrogens (tertiary/aromatic N) is 1. The minimum Gasteiger partial charge on any atom is -0.344 e. The molecule has 3 rings (SSSR count). The first-order chi connectivity index (χ1) is 9.68. The van der Waals surface area contributed by atoms with Gasteiger partial charge in [-0.15, -0.1) is 11.3 Å². The van der Waals surface area contributed by atoms with Gasteiger partial charge in [-0.3, -0.25) is 4.79 Å². The summed E-state index contributed by atoms with van der Waals surface area (Å²) in [6.07, 6.45) is 3.81. The summed E-state index contributed by atoms with van der Waals surface area (Å²) in [6.45, 7) is 3.02. The fourth-order valence-electron chi connectivity index (χ4n) is 2.79. The van der Waals surface area contributed by atoms with Crippen molar-refractivity contribution < 1.29 is 4.79 Å². The van der Waals surface area contributed by atoms with Gasteiger partial charge in [0.15, 0.2) is 0 Å². The van der Waals surface area contributed by atoms with Crippen LogP contribution in [0.5, 0.6) is 0 Å². The standard InChI is InChI=1S/C14H21N3OS2/c1-10-8-20-13(16-10)14(3-2-4-14)17-12(18)7-11-9-19-6-5-15-11/h8,11,15H,2-7,9H2,1H3,(H,17,18). The predicted octanol–water partition coefficient (Wildman–Crippen LogP) is 2.04. The Labute approximate surface area is 128 Å². The normalized spacial score (nSPS) is 24.9. The Balaban J connectivity index is 1.61. The number of hydrogen-bond donors (Lipinski definition) is 2. The van der Waals surface area contributed by atoms with Crippen LogP contribution in [0.25, 0.3) is 0 Å². The second-order valence-electron chi connectivity index (χ2n) is 5.71. The van der Waals surface area contributed by atoms with Gasteiger partial charge in [0.2, 0.25) is 5.91 Å². The number of hydrogen-bond acceptors (Lipinski definition) is 5. The quantitative estimate of drug-likeness (QED) is 0.893. The van der Waals surface area contributed by atoms with Crippen molar-refractivity contribution in [2.45, 2.75) is 44.2 Å². The van der Waals surface area contributed by atoms with Crippen LogP contribution in [0.4, 0.5) is 0 Å². The van der Waals surface area contributed by atoms with E-state index in [0.717, 1.165) is 41.6 Å². The molecule has 0 radical (unpaired) electrons. The van der Waals surface area contributed by atoms with Crippen molar-refractivity contribution >= 4 is 29.0 Å². The van der Waals surface area contributed by atoms with E-state index in [-0.39, 0.29) is 11.4 Å². The predicted molar refractivity (Wildman–Crippen MR) is 84.3 cm³/mol. The third kappa shape index (κ3) is 3.02. The maximum absolute atomic E-state index is 12.3.